The Bertz CT molecular complexity index is 363. The fraction of sp³-hybridized carbons (Fsp3) is 0.100. The highest BCUT2D eigenvalue weighted by Crippen LogP contribution is 2.13. The topological polar surface area (TPSA) is 40.5 Å². The zero-order valence-corrected chi connectivity index (χ0v) is 7.64. The SMILES string of the molecule is CN(C=CC(=O)O)c1cccc(F)c1. The smallest absolute Gasteiger partial charge is 0.329 e. The van der Waals surface area contributed by atoms with E-state index in [-0.39, 0.29) is 5.82 Å². The van der Waals surface area contributed by atoms with E-state index in [9.17, 15) is 9.18 Å². The zero-order chi connectivity index (χ0) is 10.6. The Kier molecular flexibility index (Phi) is 3.23. The Balaban J connectivity index is 2.79. The molecule has 0 atom stereocenters. The van der Waals surface area contributed by atoms with Gasteiger partial charge in [-0.05, 0) is 18.2 Å². The van der Waals surface area contributed by atoms with Gasteiger partial charge in [-0.25, -0.2) is 9.18 Å². The summed E-state index contributed by atoms with van der Waals surface area (Å²) in [7, 11) is 1.65. The number of halogens is 1. The van der Waals surface area contributed by atoms with Gasteiger partial charge in [-0.1, -0.05) is 6.07 Å². The van der Waals surface area contributed by atoms with Crippen LogP contribution in [0.25, 0.3) is 0 Å². The summed E-state index contributed by atoms with van der Waals surface area (Å²) in [4.78, 5) is 11.7. The van der Waals surface area contributed by atoms with Crippen molar-refractivity contribution in [1.82, 2.24) is 0 Å². The maximum absolute atomic E-state index is 12.8. The molecule has 0 bridgehead atoms. The molecule has 1 rings (SSSR count). The van der Waals surface area contributed by atoms with E-state index >= 15 is 0 Å². The monoisotopic (exact) mass is 195 g/mol. The van der Waals surface area contributed by atoms with Gasteiger partial charge in [-0.3, -0.25) is 0 Å². The van der Waals surface area contributed by atoms with E-state index in [0.29, 0.717) is 5.69 Å². The predicted octanol–water partition coefficient (Wildman–Crippen LogP) is 1.86. The molecule has 4 heteroatoms. The van der Waals surface area contributed by atoms with Gasteiger partial charge in [0.2, 0.25) is 0 Å². The second-order valence-corrected chi connectivity index (χ2v) is 2.74. The lowest BCUT2D eigenvalue weighted by Crippen LogP contribution is -2.08. The molecule has 0 aliphatic carbocycles. The van der Waals surface area contributed by atoms with Crippen molar-refractivity contribution in [3.63, 3.8) is 0 Å². The van der Waals surface area contributed by atoms with Crippen molar-refractivity contribution in [1.29, 1.82) is 0 Å². The summed E-state index contributed by atoms with van der Waals surface area (Å²) in [5.74, 6) is -1.38. The molecule has 0 saturated heterocycles. The molecule has 0 aliphatic heterocycles. The molecule has 0 radical (unpaired) electrons. The van der Waals surface area contributed by atoms with Crippen LogP contribution in [0.2, 0.25) is 0 Å². The molecule has 0 aromatic heterocycles. The van der Waals surface area contributed by atoms with Crippen LogP contribution in [0, 0.1) is 5.82 Å². The van der Waals surface area contributed by atoms with Crippen molar-refractivity contribution < 1.29 is 14.3 Å². The van der Waals surface area contributed by atoms with Gasteiger partial charge in [-0.15, -0.1) is 0 Å². The number of carbonyl (C=O) groups is 1. The minimum absolute atomic E-state index is 0.349. The number of hydrogen-bond acceptors (Lipinski definition) is 2. The zero-order valence-electron chi connectivity index (χ0n) is 7.64. The van der Waals surface area contributed by atoms with E-state index in [1.54, 1.807) is 19.2 Å². The van der Waals surface area contributed by atoms with E-state index in [0.717, 1.165) is 6.08 Å². The van der Waals surface area contributed by atoms with Gasteiger partial charge in [-0.2, -0.15) is 0 Å². The summed E-state index contributed by atoms with van der Waals surface area (Å²) < 4.78 is 12.8. The van der Waals surface area contributed by atoms with Gasteiger partial charge >= 0.3 is 5.97 Å². The summed E-state index contributed by atoms with van der Waals surface area (Å²) in [5, 5.41) is 8.38. The van der Waals surface area contributed by atoms with Gasteiger partial charge < -0.3 is 10.0 Å². The third-order valence-corrected chi connectivity index (χ3v) is 1.66. The van der Waals surface area contributed by atoms with Crippen LogP contribution < -0.4 is 4.90 Å². The van der Waals surface area contributed by atoms with Crippen LogP contribution in [0.5, 0.6) is 0 Å². The molecule has 1 aromatic carbocycles. The molecular weight excluding hydrogens is 185 g/mol. The number of nitrogens with zero attached hydrogens (tertiary/aromatic N) is 1. The largest absolute Gasteiger partial charge is 0.478 e. The van der Waals surface area contributed by atoms with Crippen molar-refractivity contribution >= 4 is 11.7 Å². The van der Waals surface area contributed by atoms with Crippen molar-refractivity contribution in [3.8, 4) is 0 Å². The number of aliphatic carboxylic acids is 1. The Labute approximate surface area is 81.1 Å². The highest BCUT2D eigenvalue weighted by atomic mass is 19.1. The van der Waals surface area contributed by atoms with Crippen LogP contribution in [-0.2, 0) is 4.79 Å². The number of rotatable bonds is 3. The molecule has 14 heavy (non-hydrogen) atoms. The van der Waals surface area contributed by atoms with Gasteiger partial charge in [0.05, 0.1) is 0 Å². The number of carboxylic acid groups (broad SMARTS) is 1. The quantitative estimate of drug-likeness (QED) is 0.748. The molecule has 1 N–H and O–H groups in total. The Morgan fingerprint density at radius 2 is 2.29 bits per heavy atom. The van der Waals surface area contributed by atoms with E-state index in [1.165, 1.54) is 23.2 Å². The van der Waals surface area contributed by atoms with Crippen molar-refractivity contribution in [2.24, 2.45) is 0 Å². The lowest BCUT2D eigenvalue weighted by molar-refractivity contribution is -0.131. The van der Waals surface area contributed by atoms with Crippen molar-refractivity contribution in [2.75, 3.05) is 11.9 Å². The van der Waals surface area contributed by atoms with Crippen LogP contribution in [0.3, 0.4) is 0 Å². The fourth-order valence-corrected chi connectivity index (χ4v) is 0.957. The fourth-order valence-electron chi connectivity index (χ4n) is 0.957. The minimum atomic E-state index is -1.03. The first-order valence-electron chi connectivity index (χ1n) is 3.99. The Morgan fingerprint density at radius 1 is 1.57 bits per heavy atom. The molecule has 0 saturated carbocycles. The molecule has 0 unspecified atom stereocenters. The number of carboxylic acids is 1. The molecule has 3 nitrogen and oxygen atoms in total. The van der Waals surface area contributed by atoms with Crippen LogP contribution in [-0.4, -0.2) is 18.1 Å². The van der Waals surface area contributed by atoms with Crippen LogP contribution in [0.4, 0.5) is 10.1 Å². The van der Waals surface area contributed by atoms with Gasteiger partial charge in [0, 0.05) is 25.0 Å². The highest BCUT2D eigenvalue weighted by molar-refractivity contribution is 5.80. The average molecular weight is 195 g/mol. The third kappa shape index (κ3) is 2.90. The molecular formula is C10H10FNO2. The van der Waals surface area contributed by atoms with Gasteiger partial charge in [0.25, 0.3) is 0 Å². The van der Waals surface area contributed by atoms with Crippen LogP contribution in [0.15, 0.2) is 36.5 Å². The Morgan fingerprint density at radius 3 is 2.86 bits per heavy atom. The van der Waals surface area contributed by atoms with Gasteiger partial charge in [0.15, 0.2) is 0 Å². The minimum Gasteiger partial charge on any atom is -0.478 e. The van der Waals surface area contributed by atoms with Crippen molar-refractivity contribution in [3.05, 3.63) is 42.4 Å². The Hall–Kier alpha value is -1.84. The molecule has 74 valence electrons. The normalized spacial score (nSPS) is 10.4. The first-order chi connectivity index (χ1) is 6.59. The summed E-state index contributed by atoms with van der Waals surface area (Å²) in [6, 6.07) is 5.91. The van der Waals surface area contributed by atoms with E-state index in [2.05, 4.69) is 0 Å². The lowest BCUT2D eigenvalue weighted by atomic mass is 10.3. The number of hydrogen-bond donors (Lipinski definition) is 1. The summed E-state index contributed by atoms with van der Waals surface area (Å²) in [5.41, 5.74) is 0.600. The third-order valence-electron chi connectivity index (χ3n) is 1.66. The standard InChI is InChI=1S/C10H10FNO2/c1-12(6-5-10(13)14)9-4-2-3-8(11)7-9/h2-7H,1H3,(H,13,14). The molecule has 0 heterocycles. The van der Waals surface area contributed by atoms with Crippen molar-refractivity contribution in [2.45, 2.75) is 0 Å². The summed E-state index contributed by atoms with van der Waals surface area (Å²) in [6.07, 6.45) is 2.35. The predicted molar refractivity (Wildman–Crippen MR) is 51.6 cm³/mol. The average Bonchev–Trinajstić information content (AvgIpc) is 2.14. The first-order valence-corrected chi connectivity index (χ1v) is 3.99. The lowest BCUT2D eigenvalue weighted by Gasteiger charge is -2.13. The summed E-state index contributed by atoms with van der Waals surface area (Å²) in [6.45, 7) is 0. The number of benzene rings is 1. The molecule has 0 fully saturated rings. The van der Waals surface area contributed by atoms with E-state index in [4.69, 9.17) is 5.11 Å². The van der Waals surface area contributed by atoms with E-state index < -0.39 is 5.97 Å². The molecule has 0 aliphatic rings. The second kappa shape index (κ2) is 4.41. The molecule has 0 amide bonds. The first kappa shape index (κ1) is 10.2. The second-order valence-electron chi connectivity index (χ2n) is 2.74. The summed E-state index contributed by atoms with van der Waals surface area (Å²) >= 11 is 0. The molecule has 0 spiro atoms. The molecule has 1 aromatic rings. The van der Waals surface area contributed by atoms with Crippen LogP contribution >= 0.6 is 0 Å². The maximum Gasteiger partial charge on any atom is 0.329 e. The van der Waals surface area contributed by atoms with E-state index in [1.807, 2.05) is 0 Å². The highest BCUT2D eigenvalue weighted by Gasteiger charge is 1.98. The maximum atomic E-state index is 12.8. The number of anilines is 1. The van der Waals surface area contributed by atoms with Gasteiger partial charge in [0.1, 0.15) is 5.82 Å². The van der Waals surface area contributed by atoms with Crippen LogP contribution in [0.1, 0.15) is 0 Å².